The van der Waals surface area contributed by atoms with Crippen LogP contribution < -0.4 is 4.74 Å². The number of hydrogen-bond donors (Lipinski definition) is 0. The van der Waals surface area contributed by atoms with Gasteiger partial charge in [0.2, 0.25) is 0 Å². The van der Waals surface area contributed by atoms with Gasteiger partial charge in [-0.2, -0.15) is 0 Å². The molecule has 1 saturated heterocycles. The van der Waals surface area contributed by atoms with Gasteiger partial charge in [-0.05, 0) is 30.7 Å². The Bertz CT molecular complexity index is 625. The molecule has 2 aromatic rings. The Balaban J connectivity index is 1.75. The highest BCUT2D eigenvalue weighted by Gasteiger charge is 2.41. The van der Waals surface area contributed by atoms with Crippen molar-refractivity contribution < 1.29 is 14.2 Å². The molecule has 0 N–H and O–H groups in total. The van der Waals surface area contributed by atoms with Crippen LogP contribution in [-0.2, 0) is 21.8 Å². The van der Waals surface area contributed by atoms with Crippen molar-refractivity contribution in [1.82, 2.24) is 9.55 Å². The third kappa shape index (κ3) is 3.79. The lowest BCUT2D eigenvalue weighted by Gasteiger charge is -2.44. The maximum absolute atomic E-state index is 6.27. The fourth-order valence-corrected chi connectivity index (χ4v) is 2.92. The maximum Gasteiger partial charge on any atom is 0.194 e. The Morgan fingerprint density at radius 1 is 1.17 bits per heavy atom. The minimum Gasteiger partial charge on any atom is -0.497 e. The number of aryl methyl sites for hydroxylation is 1. The van der Waals surface area contributed by atoms with Crippen molar-refractivity contribution >= 4 is 0 Å². The van der Waals surface area contributed by atoms with Crippen LogP contribution in [0.25, 0.3) is 0 Å². The molecule has 1 aromatic carbocycles. The summed E-state index contributed by atoms with van der Waals surface area (Å²) in [6.45, 7) is 6.59. The van der Waals surface area contributed by atoms with E-state index in [1.54, 1.807) is 13.3 Å². The van der Waals surface area contributed by atoms with Gasteiger partial charge in [-0.3, -0.25) is 0 Å². The number of ether oxygens (including phenoxy) is 3. The Kier molecular flexibility index (Phi) is 4.92. The summed E-state index contributed by atoms with van der Waals surface area (Å²) in [5, 5.41) is 0. The van der Waals surface area contributed by atoms with Crippen LogP contribution in [0.4, 0.5) is 0 Å². The van der Waals surface area contributed by atoms with Crippen molar-refractivity contribution in [3.63, 3.8) is 0 Å². The first-order valence-corrected chi connectivity index (χ1v) is 8.41. The number of hydrogen-bond acceptors (Lipinski definition) is 4. The van der Waals surface area contributed by atoms with Gasteiger partial charge in [-0.1, -0.05) is 13.8 Å². The Morgan fingerprint density at radius 2 is 1.88 bits per heavy atom. The molecule has 0 aliphatic carbocycles. The largest absolute Gasteiger partial charge is 0.497 e. The smallest absolute Gasteiger partial charge is 0.194 e. The maximum atomic E-state index is 6.27. The van der Waals surface area contributed by atoms with Crippen LogP contribution in [0, 0.1) is 5.41 Å². The van der Waals surface area contributed by atoms with Crippen LogP contribution in [0.3, 0.4) is 0 Å². The van der Waals surface area contributed by atoms with Crippen molar-refractivity contribution in [1.29, 1.82) is 0 Å². The molecule has 130 valence electrons. The average molecular weight is 330 g/mol. The second kappa shape index (κ2) is 6.95. The molecule has 0 unspecified atom stereocenters. The Hall–Kier alpha value is -1.85. The Labute approximate surface area is 143 Å². The minimum atomic E-state index is -0.678. The highest BCUT2D eigenvalue weighted by Crippen LogP contribution is 2.40. The van der Waals surface area contributed by atoms with Gasteiger partial charge in [0.1, 0.15) is 5.75 Å². The third-order valence-electron chi connectivity index (χ3n) is 4.40. The predicted molar refractivity (Wildman–Crippen MR) is 91.8 cm³/mol. The summed E-state index contributed by atoms with van der Waals surface area (Å²) in [5.41, 5.74) is 1.09. The summed E-state index contributed by atoms with van der Waals surface area (Å²) in [4.78, 5) is 4.09. The van der Waals surface area contributed by atoms with Crippen molar-refractivity contribution in [2.45, 2.75) is 39.0 Å². The van der Waals surface area contributed by atoms with Gasteiger partial charge < -0.3 is 18.8 Å². The first-order valence-electron chi connectivity index (χ1n) is 8.41. The SMILES string of the molecule is COc1ccc(C2(CCCn3ccnc3)OCC(C)(C)CO2)cc1. The minimum absolute atomic E-state index is 0.0420. The third-order valence-corrected chi connectivity index (χ3v) is 4.40. The zero-order valence-electron chi connectivity index (χ0n) is 14.7. The first-order chi connectivity index (χ1) is 11.5. The molecular formula is C19H26N2O3. The van der Waals surface area contributed by atoms with Crippen LogP contribution in [0.5, 0.6) is 5.75 Å². The fraction of sp³-hybridized carbons (Fsp3) is 0.526. The van der Waals surface area contributed by atoms with Crippen LogP contribution in [0.15, 0.2) is 43.0 Å². The molecule has 1 aliphatic heterocycles. The summed E-state index contributed by atoms with van der Waals surface area (Å²) < 4.78 is 19.9. The molecule has 0 spiro atoms. The second-order valence-corrected chi connectivity index (χ2v) is 7.13. The van der Waals surface area contributed by atoms with Gasteiger partial charge in [0.25, 0.3) is 0 Å². The summed E-state index contributed by atoms with van der Waals surface area (Å²) in [6, 6.07) is 7.99. The van der Waals surface area contributed by atoms with E-state index in [9.17, 15) is 0 Å². The normalized spacial score (nSPS) is 19.1. The Morgan fingerprint density at radius 3 is 2.46 bits per heavy atom. The summed E-state index contributed by atoms with van der Waals surface area (Å²) >= 11 is 0. The summed E-state index contributed by atoms with van der Waals surface area (Å²) in [7, 11) is 1.67. The standard InChI is InChI=1S/C19H26N2O3/c1-18(2)13-23-19(24-14-18,9-4-11-21-12-10-20-15-21)16-5-7-17(22-3)8-6-16/h5-8,10,12,15H,4,9,11,13-14H2,1-3H3. The zero-order chi connectivity index (χ0) is 17.0. The lowest BCUT2D eigenvalue weighted by atomic mass is 9.92. The number of methoxy groups -OCH3 is 1. The highest BCUT2D eigenvalue weighted by molar-refractivity contribution is 5.30. The zero-order valence-corrected chi connectivity index (χ0v) is 14.7. The molecule has 0 atom stereocenters. The molecule has 1 fully saturated rings. The van der Waals surface area contributed by atoms with Crippen LogP contribution in [-0.4, -0.2) is 29.9 Å². The molecule has 0 bridgehead atoms. The van der Waals surface area contributed by atoms with E-state index < -0.39 is 5.79 Å². The quantitative estimate of drug-likeness (QED) is 0.812. The molecule has 0 radical (unpaired) electrons. The monoisotopic (exact) mass is 330 g/mol. The van der Waals surface area contributed by atoms with Crippen molar-refractivity contribution in [2.24, 2.45) is 5.41 Å². The van der Waals surface area contributed by atoms with E-state index in [-0.39, 0.29) is 5.41 Å². The number of imidazole rings is 1. The van der Waals surface area contributed by atoms with Crippen LogP contribution >= 0.6 is 0 Å². The highest BCUT2D eigenvalue weighted by atomic mass is 16.7. The van der Waals surface area contributed by atoms with Gasteiger partial charge in [-0.15, -0.1) is 0 Å². The van der Waals surface area contributed by atoms with Gasteiger partial charge in [-0.25, -0.2) is 4.98 Å². The number of aromatic nitrogens is 2. The van der Waals surface area contributed by atoms with Crippen LogP contribution in [0.2, 0.25) is 0 Å². The van der Waals surface area contributed by atoms with E-state index >= 15 is 0 Å². The lowest BCUT2D eigenvalue weighted by Crippen LogP contribution is -2.45. The van der Waals surface area contributed by atoms with Gasteiger partial charge in [0.05, 0.1) is 26.7 Å². The van der Waals surface area contributed by atoms with Crippen molar-refractivity contribution in [2.75, 3.05) is 20.3 Å². The molecule has 5 nitrogen and oxygen atoms in total. The van der Waals surface area contributed by atoms with Crippen LogP contribution in [0.1, 0.15) is 32.3 Å². The van der Waals surface area contributed by atoms with Crippen molar-refractivity contribution in [3.05, 3.63) is 48.5 Å². The van der Waals surface area contributed by atoms with Gasteiger partial charge in [0, 0.05) is 36.3 Å². The lowest BCUT2D eigenvalue weighted by molar-refractivity contribution is -0.311. The van der Waals surface area contributed by atoms with E-state index in [1.165, 1.54) is 0 Å². The number of benzene rings is 1. The number of nitrogens with zero attached hydrogens (tertiary/aromatic N) is 2. The molecule has 5 heteroatoms. The van der Waals surface area contributed by atoms with Gasteiger partial charge >= 0.3 is 0 Å². The van der Waals surface area contributed by atoms with E-state index in [4.69, 9.17) is 14.2 Å². The van der Waals surface area contributed by atoms with E-state index in [0.29, 0.717) is 13.2 Å². The van der Waals surface area contributed by atoms with Gasteiger partial charge in [0.15, 0.2) is 5.79 Å². The summed E-state index contributed by atoms with van der Waals surface area (Å²) in [5.74, 6) is 0.158. The van der Waals surface area contributed by atoms with E-state index in [0.717, 1.165) is 30.7 Å². The number of rotatable bonds is 6. The molecular weight excluding hydrogens is 304 g/mol. The second-order valence-electron chi connectivity index (χ2n) is 7.13. The predicted octanol–water partition coefficient (Wildman–Crippen LogP) is 3.60. The van der Waals surface area contributed by atoms with E-state index in [1.807, 2.05) is 36.8 Å². The molecule has 1 aliphatic rings. The molecule has 3 rings (SSSR count). The molecule has 0 amide bonds. The topological polar surface area (TPSA) is 45.5 Å². The van der Waals surface area contributed by atoms with Crippen molar-refractivity contribution in [3.8, 4) is 5.75 Å². The molecule has 2 heterocycles. The fourth-order valence-electron chi connectivity index (χ4n) is 2.92. The average Bonchev–Trinajstić information content (AvgIpc) is 3.10. The summed E-state index contributed by atoms with van der Waals surface area (Å²) in [6.07, 6.45) is 7.36. The first kappa shape index (κ1) is 17.0. The molecule has 1 aromatic heterocycles. The molecule has 24 heavy (non-hydrogen) atoms. The molecule has 0 saturated carbocycles. The van der Waals surface area contributed by atoms with E-state index in [2.05, 4.69) is 23.4 Å².